The van der Waals surface area contributed by atoms with Gasteiger partial charge in [0.05, 0.1) is 7.11 Å². The molecule has 1 aromatic carbocycles. The average molecular weight is 296 g/mol. The van der Waals surface area contributed by atoms with E-state index in [1.165, 1.54) is 4.90 Å². The van der Waals surface area contributed by atoms with Crippen LogP contribution in [0.3, 0.4) is 0 Å². The molecule has 1 aliphatic heterocycles. The summed E-state index contributed by atoms with van der Waals surface area (Å²) in [6, 6.07) is 7.38. The van der Waals surface area contributed by atoms with Gasteiger partial charge >= 0.3 is 0 Å². The average Bonchev–Trinajstić information content (AvgIpc) is 2.44. The molecule has 0 aromatic heterocycles. The van der Waals surface area contributed by atoms with Gasteiger partial charge in [-0.1, -0.05) is 0 Å². The third-order valence-corrected chi connectivity index (χ3v) is 3.64. The first-order valence-corrected chi connectivity index (χ1v) is 7.50. The number of hydrogen-bond donors (Lipinski definition) is 2. The van der Waals surface area contributed by atoms with Crippen LogP contribution in [0, 0.1) is 0 Å². The summed E-state index contributed by atoms with van der Waals surface area (Å²) in [5.41, 5.74) is 0. The fourth-order valence-corrected chi connectivity index (χ4v) is 2.81. The number of benzene rings is 1. The molecule has 1 aromatic rings. The number of nitrogens with one attached hydrogen (secondary N) is 1. The minimum atomic E-state index is -0.473. The Morgan fingerprint density at radius 3 is 2.33 bits per heavy atom. The summed E-state index contributed by atoms with van der Waals surface area (Å²) in [6.45, 7) is 7.02. The lowest BCUT2D eigenvalue weighted by molar-refractivity contribution is -0.918. The van der Waals surface area contributed by atoms with Gasteiger partial charge in [0.15, 0.2) is 0 Å². The van der Waals surface area contributed by atoms with Crippen molar-refractivity contribution in [3.8, 4) is 11.5 Å². The monoisotopic (exact) mass is 296 g/mol. The van der Waals surface area contributed by atoms with Crippen LogP contribution in [0.1, 0.15) is 13.8 Å². The normalized spacial score (nSPS) is 27.1. The van der Waals surface area contributed by atoms with Gasteiger partial charge in [0, 0.05) is 0 Å². The van der Waals surface area contributed by atoms with Crippen molar-refractivity contribution in [3.63, 3.8) is 0 Å². The molecule has 5 heteroatoms. The Bertz CT molecular complexity index is 413. The highest BCUT2D eigenvalue weighted by molar-refractivity contribution is 5.31. The summed E-state index contributed by atoms with van der Waals surface area (Å²) >= 11 is 0. The number of hydrogen-bond acceptors (Lipinski definition) is 4. The summed E-state index contributed by atoms with van der Waals surface area (Å²) in [7, 11) is 1.63. The van der Waals surface area contributed by atoms with Gasteiger partial charge in [0.25, 0.3) is 0 Å². The molecule has 0 amide bonds. The molecule has 3 atom stereocenters. The molecule has 2 rings (SSSR count). The number of aliphatic hydroxyl groups is 1. The lowest BCUT2D eigenvalue weighted by atomic mass is 10.2. The number of methoxy groups -OCH3 is 1. The topological polar surface area (TPSA) is 52.4 Å². The van der Waals surface area contributed by atoms with E-state index in [1.54, 1.807) is 7.11 Å². The van der Waals surface area contributed by atoms with Crippen LogP contribution in [-0.4, -0.2) is 56.8 Å². The zero-order valence-corrected chi connectivity index (χ0v) is 13.0. The number of morpholine rings is 1. The first-order chi connectivity index (χ1) is 10.1. The second kappa shape index (κ2) is 7.64. The highest BCUT2D eigenvalue weighted by Crippen LogP contribution is 2.16. The molecular formula is C16H26NO4+. The van der Waals surface area contributed by atoms with E-state index in [0.717, 1.165) is 24.6 Å². The molecule has 0 unspecified atom stereocenters. The Kier molecular flexibility index (Phi) is 5.85. The first kappa shape index (κ1) is 16.1. The minimum Gasteiger partial charge on any atom is -0.497 e. The Hall–Kier alpha value is -1.30. The van der Waals surface area contributed by atoms with Gasteiger partial charge in [-0.15, -0.1) is 0 Å². The van der Waals surface area contributed by atoms with Crippen LogP contribution in [0.2, 0.25) is 0 Å². The summed E-state index contributed by atoms with van der Waals surface area (Å²) < 4.78 is 16.4. The summed E-state index contributed by atoms with van der Waals surface area (Å²) in [6.07, 6.45) is 0.0246. The maximum absolute atomic E-state index is 10.1. The first-order valence-electron chi connectivity index (χ1n) is 7.50. The summed E-state index contributed by atoms with van der Waals surface area (Å²) in [5.74, 6) is 1.54. The molecule has 118 valence electrons. The van der Waals surface area contributed by atoms with Gasteiger partial charge in [0.1, 0.15) is 56.1 Å². The summed E-state index contributed by atoms with van der Waals surface area (Å²) in [4.78, 5) is 1.37. The van der Waals surface area contributed by atoms with Gasteiger partial charge in [0.2, 0.25) is 0 Å². The van der Waals surface area contributed by atoms with Gasteiger partial charge in [-0.2, -0.15) is 0 Å². The Balaban J connectivity index is 1.74. The predicted octanol–water partition coefficient (Wildman–Crippen LogP) is 0.127. The van der Waals surface area contributed by atoms with Gasteiger partial charge < -0.3 is 24.2 Å². The van der Waals surface area contributed by atoms with Crippen molar-refractivity contribution in [2.24, 2.45) is 0 Å². The van der Waals surface area contributed by atoms with Crippen LogP contribution in [0.4, 0.5) is 0 Å². The van der Waals surface area contributed by atoms with E-state index in [0.29, 0.717) is 13.2 Å². The van der Waals surface area contributed by atoms with Gasteiger partial charge in [-0.3, -0.25) is 0 Å². The van der Waals surface area contributed by atoms with Crippen molar-refractivity contribution in [2.45, 2.75) is 32.2 Å². The second-order valence-electron chi connectivity index (χ2n) is 5.76. The molecule has 2 N–H and O–H groups in total. The number of ether oxygens (including phenoxy) is 3. The molecule has 0 aliphatic carbocycles. The Morgan fingerprint density at radius 2 is 1.76 bits per heavy atom. The van der Waals surface area contributed by atoms with Crippen molar-refractivity contribution >= 4 is 0 Å². The van der Waals surface area contributed by atoms with Crippen molar-refractivity contribution in [2.75, 3.05) is 33.4 Å². The lowest BCUT2D eigenvalue weighted by Crippen LogP contribution is -3.16. The van der Waals surface area contributed by atoms with Crippen LogP contribution in [0.5, 0.6) is 11.5 Å². The lowest BCUT2D eigenvalue weighted by Gasteiger charge is -2.33. The van der Waals surface area contributed by atoms with Crippen molar-refractivity contribution < 1.29 is 24.2 Å². The molecule has 0 radical (unpaired) electrons. The van der Waals surface area contributed by atoms with Crippen molar-refractivity contribution in [1.29, 1.82) is 0 Å². The fraction of sp³-hybridized carbons (Fsp3) is 0.625. The molecule has 1 fully saturated rings. The SMILES string of the molecule is COc1ccc(OC[C@@H](O)C[NH+]2C[C@@H](C)O[C@H](C)C2)cc1. The molecule has 0 saturated carbocycles. The Labute approximate surface area is 126 Å². The molecule has 5 nitrogen and oxygen atoms in total. The number of aliphatic hydroxyl groups excluding tert-OH is 1. The zero-order chi connectivity index (χ0) is 15.2. The number of quaternary nitrogens is 1. The van der Waals surface area contributed by atoms with Crippen LogP contribution >= 0.6 is 0 Å². The van der Waals surface area contributed by atoms with E-state index in [4.69, 9.17) is 14.2 Å². The van der Waals surface area contributed by atoms with Crippen molar-refractivity contribution in [3.05, 3.63) is 24.3 Å². The molecular weight excluding hydrogens is 270 g/mol. The van der Waals surface area contributed by atoms with E-state index < -0.39 is 6.10 Å². The maximum Gasteiger partial charge on any atom is 0.137 e. The maximum atomic E-state index is 10.1. The van der Waals surface area contributed by atoms with Crippen molar-refractivity contribution in [1.82, 2.24) is 0 Å². The van der Waals surface area contributed by atoms with Gasteiger partial charge in [-0.05, 0) is 38.1 Å². The van der Waals surface area contributed by atoms with Crippen LogP contribution in [0.25, 0.3) is 0 Å². The van der Waals surface area contributed by atoms with E-state index in [9.17, 15) is 5.11 Å². The predicted molar refractivity (Wildman–Crippen MR) is 80.1 cm³/mol. The standard InChI is InChI=1S/C16H25NO4/c1-12-8-17(9-13(2)21-12)10-14(18)11-20-16-6-4-15(19-3)5-7-16/h4-7,12-14,18H,8-11H2,1-3H3/p+1/t12-,13-,14+/m1/s1. The molecule has 1 heterocycles. The van der Waals surface area contributed by atoms with Crippen LogP contribution < -0.4 is 14.4 Å². The Morgan fingerprint density at radius 1 is 1.19 bits per heavy atom. The van der Waals surface area contributed by atoms with Crippen LogP contribution in [-0.2, 0) is 4.74 Å². The van der Waals surface area contributed by atoms with E-state index >= 15 is 0 Å². The molecule has 0 spiro atoms. The molecule has 1 saturated heterocycles. The smallest absolute Gasteiger partial charge is 0.137 e. The summed E-state index contributed by atoms with van der Waals surface area (Å²) in [5, 5.41) is 10.1. The highest BCUT2D eigenvalue weighted by Gasteiger charge is 2.27. The third-order valence-electron chi connectivity index (χ3n) is 3.64. The molecule has 21 heavy (non-hydrogen) atoms. The molecule has 1 aliphatic rings. The van der Waals surface area contributed by atoms with Crippen LogP contribution in [0.15, 0.2) is 24.3 Å². The quantitative estimate of drug-likeness (QED) is 0.783. The van der Waals surface area contributed by atoms with E-state index in [2.05, 4.69) is 13.8 Å². The largest absolute Gasteiger partial charge is 0.497 e. The number of rotatable bonds is 6. The molecule has 0 bridgehead atoms. The third kappa shape index (κ3) is 5.19. The van der Waals surface area contributed by atoms with E-state index in [-0.39, 0.29) is 12.2 Å². The second-order valence-corrected chi connectivity index (χ2v) is 5.76. The van der Waals surface area contributed by atoms with Gasteiger partial charge in [-0.25, -0.2) is 0 Å². The highest BCUT2D eigenvalue weighted by atomic mass is 16.5. The fourth-order valence-electron chi connectivity index (χ4n) is 2.81. The van der Waals surface area contributed by atoms with E-state index in [1.807, 2.05) is 24.3 Å². The zero-order valence-electron chi connectivity index (χ0n) is 13.0. The minimum absolute atomic E-state index is 0.249.